The van der Waals surface area contributed by atoms with E-state index in [9.17, 15) is 0 Å². The zero-order valence-electron chi connectivity index (χ0n) is 27.5. The molecule has 0 radical (unpaired) electrons. The van der Waals surface area contributed by atoms with Gasteiger partial charge in [-0.25, -0.2) is 4.98 Å². The highest BCUT2D eigenvalue weighted by Gasteiger charge is 2.19. The van der Waals surface area contributed by atoms with Gasteiger partial charge in [0.25, 0.3) is 0 Å². The molecule has 3 heterocycles. The molecular formula is C46H30N4O. The van der Waals surface area contributed by atoms with E-state index in [0.717, 1.165) is 55.9 Å². The molecule has 0 saturated carbocycles. The van der Waals surface area contributed by atoms with Crippen molar-refractivity contribution in [2.45, 2.75) is 0 Å². The van der Waals surface area contributed by atoms with E-state index in [0.29, 0.717) is 11.5 Å². The number of benzene rings is 7. The first kappa shape index (κ1) is 29.0. The van der Waals surface area contributed by atoms with Gasteiger partial charge in [0.05, 0.1) is 16.6 Å². The number of para-hydroxylation sites is 4. The van der Waals surface area contributed by atoms with E-state index in [1.807, 2.05) is 30.3 Å². The summed E-state index contributed by atoms with van der Waals surface area (Å²) in [5, 5.41) is 3.50. The lowest BCUT2D eigenvalue weighted by molar-refractivity contribution is 0.620. The number of pyridine rings is 1. The van der Waals surface area contributed by atoms with Crippen molar-refractivity contribution in [3.8, 4) is 28.3 Å². The van der Waals surface area contributed by atoms with Crippen LogP contribution in [0.4, 0.5) is 17.1 Å². The first-order valence-corrected chi connectivity index (χ1v) is 17.1. The van der Waals surface area contributed by atoms with Crippen molar-refractivity contribution in [3.05, 3.63) is 182 Å². The Morgan fingerprint density at radius 2 is 1.14 bits per heavy atom. The summed E-state index contributed by atoms with van der Waals surface area (Å²) in [6, 6.07) is 61.6. The monoisotopic (exact) mass is 654 g/mol. The lowest BCUT2D eigenvalue weighted by Gasteiger charge is -2.26. The Labute approximate surface area is 294 Å². The molecular weight excluding hydrogens is 625 g/mol. The predicted octanol–water partition coefficient (Wildman–Crippen LogP) is 12.3. The largest absolute Gasteiger partial charge is 0.436 e. The molecule has 7 aromatic carbocycles. The highest BCUT2D eigenvalue weighted by molar-refractivity contribution is 6.09. The Morgan fingerprint density at radius 1 is 0.471 bits per heavy atom. The maximum atomic E-state index is 6.50. The van der Waals surface area contributed by atoms with Gasteiger partial charge in [-0.15, -0.1) is 0 Å². The van der Waals surface area contributed by atoms with Crippen molar-refractivity contribution >= 4 is 60.9 Å². The fourth-order valence-electron chi connectivity index (χ4n) is 7.31. The third kappa shape index (κ3) is 4.94. The minimum atomic E-state index is 0.547. The first-order chi connectivity index (χ1) is 25.3. The number of hydrogen-bond donors (Lipinski definition) is 0. The van der Waals surface area contributed by atoms with E-state index in [1.54, 1.807) is 6.20 Å². The number of rotatable bonds is 6. The van der Waals surface area contributed by atoms with E-state index in [2.05, 4.69) is 160 Å². The molecule has 0 aliphatic carbocycles. The molecule has 0 unspecified atom stereocenters. The normalized spacial score (nSPS) is 11.5. The molecule has 0 spiro atoms. The Bertz CT molecular complexity index is 2780. The quantitative estimate of drug-likeness (QED) is 0.179. The van der Waals surface area contributed by atoms with Crippen molar-refractivity contribution in [1.29, 1.82) is 0 Å². The number of nitrogens with zero attached hydrogens (tertiary/aromatic N) is 4. The Balaban J connectivity index is 1.20. The predicted molar refractivity (Wildman–Crippen MR) is 209 cm³/mol. The molecule has 240 valence electrons. The molecule has 0 fully saturated rings. The molecule has 10 aromatic rings. The molecule has 0 atom stereocenters. The van der Waals surface area contributed by atoms with Crippen LogP contribution in [-0.2, 0) is 0 Å². The number of oxazole rings is 1. The van der Waals surface area contributed by atoms with Crippen molar-refractivity contribution in [2.75, 3.05) is 4.90 Å². The van der Waals surface area contributed by atoms with E-state index >= 15 is 0 Å². The van der Waals surface area contributed by atoms with E-state index < -0.39 is 0 Å². The van der Waals surface area contributed by atoms with Gasteiger partial charge in [-0.1, -0.05) is 91.0 Å². The summed E-state index contributed by atoms with van der Waals surface area (Å²) < 4.78 is 8.86. The average Bonchev–Trinajstić information content (AvgIpc) is 3.79. The van der Waals surface area contributed by atoms with Crippen LogP contribution in [0.25, 0.3) is 72.1 Å². The molecule has 10 rings (SSSR count). The van der Waals surface area contributed by atoms with E-state index in [-0.39, 0.29) is 0 Å². The highest BCUT2D eigenvalue weighted by Crippen LogP contribution is 2.41. The van der Waals surface area contributed by atoms with Crippen LogP contribution in [0.5, 0.6) is 0 Å². The zero-order valence-corrected chi connectivity index (χ0v) is 27.5. The average molecular weight is 655 g/mol. The summed E-state index contributed by atoms with van der Waals surface area (Å²) in [7, 11) is 0. The van der Waals surface area contributed by atoms with Crippen LogP contribution in [0.3, 0.4) is 0 Å². The van der Waals surface area contributed by atoms with Gasteiger partial charge in [-0.3, -0.25) is 4.98 Å². The third-order valence-electron chi connectivity index (χ3n) is 9.60. The van der Waals surface area contributed by atoms with Crippen LogP contribution in [0, 0.1) is 0 Å². The summed E-state index contributed by atoms with van der Waals surface area (Å²) in [5.41, 5.74) is 11.9. The van der Waals surface area contributed by atoms with Gasteiger partial charge in [0.15, 0.2) is 5.58 Å². The molecule has 0 bridgehead atoms. The fourth-order valence-corrected chi connectivity index (χ4v) is 7.31. The second-order valence-electron chi connectivity index (χ2n) is 12.7. The number of fused-ring (bicyclic) bond motifs is 6. The third-order valence-corrected chi connectivity index (χ3v) is 9.60. The van der Waals surface area contributed by atoms with Gasteiger partial charge in [0.2, 0.25) is 5.89 Å². The maximum absolute atomic E-state index is 6.50. The molecule has 0 N–H and O–H groups in total. The second-order valence-corrected chi connectivity index (χ2v) is 12.7. The lowest BCUT2D eigenvalue weighted by Crippen LogP contribution is -2.10. The van der Waals surface area contributed by atoms with Gasteiger partial charge in [0, 0.05) is 50.7 Å². The first-order valence-electron chi connectivity index (χ1n) is 17.1. The molecule has 3 aromatic heterocycles. The molecule has 5 heteroatoms. The Kier molecular flexibility index (Phi) is 6.74. The van der Waals surface area contributed by atoms with Crippen molar-refractivity contribution in [3.63, 3.8) is 0 Å². The molecule has 5 nitrogen and oxygen atoms in total. The van der Waals surface area contributed by atoms with Crippen LogP contribution >= 0.6 is 0 Å². The van der Waals surface area contributed by atoms with E-state index in [1.165, 1.54) is 21.8 Å². The number of aromatic nitrogens is 3. The van der Waals surface area contributed by atoms with Crippen molar-refractivity contribution in [2.24, 2.45) is 0 Å². The van der Waals surface area contributed by atoms with Crippen molar-refractivity contribution in [1.82, 2.24) is 14.5 Å². The Morgan fingerprint density at radius 3 is 1.86 bits per heavy atom. The van der Waals surface area contributed by atoms with Gasteiger partial charge in [-0.2, -0.15) is 0 Å². The number of anilines is 3. The summed E-state index contributed by atoms with van der Waals surface area (Å²) in [6.45, 7) is 0. The smallest absolute Gasteiger partial charge is 0.227 e. The topological polar surface area (TPSA) is 47.1 Å². The fraction of sp³-hybridized carbons (Fsp3) is 0. The highest BCUT2D eigenvalue weighted by atomic mass is 16.3. The van der Waals surface area contributed by atoms with Crippen LogP contribution in [-0.4, -0.2) is 14.5 Å². The van der Waals surface area contributed by atoms with E-state index in [4.69, 9.17) is 9.40 Å². The summed E-state index contributed by atoms with van der Waals surface area (Å²) >= 11 is 0. The molecule has 0 amide bonds. The van der Waals surface area contributed by atoms with Crippen LogP contribution < -0.4 is 4.90 Å². The van der Waals surface area contributed by atoms with Crippen molar-refractivity contribution < 1.29 is 4.42 Å². The Hall–Kier alpha value is -6.98. The molecule has 0 saturated heterocycles. The van der Waals surface area contributed by atoms with Crippen LogP contribution in [0.15, 0.2) is 187 Å². The minimum absolute atomic E-state index is 0.547. The van der Waals surface area contributed by atoms with Crippen LogP contribution in [0.2, 0.25) is 0 Å². The van der Waals surface area contributed by atoms with Gasteiger partial charge in [0.1, 0.15) is 5.52 Å². The van der Waals surface area contributed by atoms with Gasteiger partial charge in [-0.05, 0) is 96.1 Å². The summed E-state index contributed by atoms with van der Waals surface area (Å²) in [5.74, 6) is 0.547. The molecule has 0 aliphatic heterocycles. The number of hydrogen-bond acceptors (Lipinski definition) is 4. The molecule has 51 heavy (non-hydrogen) atoms. The van der Waals surface area contributed by atoms with Gasteiger partial charge >= 0.3 is 0 Å². The standard InChI is InChI=1S/C46H30N4O/c1-3-15-35(16-4-1)49(36-17-5-2-6-18-36)38-29-33(27-34(30-38)46-48-45-43(51-46)25-24-31-14-12-26-47-44(31)45)32-13-11-19-37(28-32)50-41-22-9-7-20-39(41)40-21-8-10-23-42(40)50/h1-30H. The summed E-state index contributed by atoms with van der Waals surface area (Å²) in [6.07, 6.45) is 1.80. The molecule has 0 aliphatic rings. The second kappa shape index (κ2) is 11.9. The lowest BCUT2D eigenvalue weighted by atomic mass is 10.00. The van der Waals surface area contributed by atoms with Crippen LogP contribution in [0.1, 0.15) is 0 Å². The minimum Gasteiger partial charge on any atom is -0.436 e. The summed E-state index contributed by atoms with van der Waals surface area (Å²) in [4.78, 5) is 12.0. The maximum Gasteiger partial charge on any atom is 0.227 e. The SMILES string of the molecule is c1ccc(N(c2ccccc2)c2cc(-c3cccc(-n4c5ccccc5c5ccccc54)c3)cc(-c3nc4c(ccc5cccnc54)o3)c2)cc1. The van der Waals surface area contributed by atoms with Gasteiger partial charge < -0.3 is 13.9 Å². The zero-order chi connectivity index (χ0) is 33.7.